The first-order chi connectivity index (χ1) is 18.3. The van der Waals surface area contributed by atoms with Crippen molar-refractivity contribution in [1.29, 1.82) is 0 Å². The number of rotatable bonds is 14. The maximum atomic E-state index is 12.8. The third kappa shape index (κ3) is 11.5. The van der Waals surface area contributed by atoms with Gasteiger partial charge in [0.25, 0.3) is 0 Å². The van der Waals surface area contributed by atoms with Crippen molar-refractivity contribution in [3.63, 3.8) is 0 Å². The zero-order valence-electron chi connectivity index (χ0n) is 24.5. The fraction of sp³-hybridized carbons (Fsp3) is 0.531. The summed E-state index contributed by atoms with van der Waals surface area (Å²) in [6, 6.07) is 13.8. The first kappa shape index (κ1) is 33.1. The third-order valence-electron chi connectivity index (χ3n) is 6.84. The highest BCUT2D eigenvalue weighted by molar-refractivity contribution is 8.93. The molecule has 0 spiro atoms. The van der Waals surface area contributed by atoms with Crippen molar-refractivity contribution >= 4 is 46.1 Å². The molecule has 0 saturated heterocycles. The first-order valence-corrected chi connectivity index (χ1v) is 15.3. The second-order valence-electron chi connectivity index (χ2n) is 11.3. The van der Waals surface area contributed by atoms with E-state index in [4.69, 9.17) is 4.74 Å². The molecule has 0 radical (unpaired) electrons. The first-order valence-electron chi connectivity index (χ1n) is 14.2. The summed E-state index contributed by atoms with van der Waals surface area (Å²) in [7, 11) is 0. The summed E-state index contributed by atoms with van der Waals surface area (Å²) >= 11 is 1.81. The Morgan fingerprint density at radius 1 is 0.949 bits per heavy atom. The van der Waals surface area contributed by atoms with Gasteiger partial charge in [0.15, 0.2) is 0 Å². The van der Waals surface area contributed by atoms with Crippen LogP contribution in [0.15, 0.2) is 53.6 Å². The van der Waals surface area contributed by atoms with E-state index < -0.39 is 0 Å². The number of ether oxygens (including phenoxy) is 1. The molecule has 2 aromatic carbocycles. The molecule has 1 heterocycles. The van der Waals surface area contributed by atoms with Crippen molar-refractivity contribution in [2.75, 3.05) is 23.1 Å². The molecule has 2 N–H and O–H groups in total. The predicted molar refractivity (Wildman–Crippen MR) is 174 cm³/mol. The van der Waals surface area contributed by atoms with Gasteiger partial charge < -0.3 is 20.3 Å². The maximum absolute atomic E-state index is 12.8. The van der Waals surface area contributed by atoms with Crippen molar-refractivity contribution in [3.8, 4) is 5.75 Å². The number of hydrogen-bond donors (Lipinski definition) is 2. The zero-order valence-corrected chi connectivity index (χ0v) is 27.0. The molecule has 1 aliphatic rings. The van der Waals surface area contributed by atoms with E-state index in [-0.39, 0.29) is 28.4 Å². The van der Waals surface area contributed by atoms with E-state index in [1.54, 1.807) is 0 Å². The van der Waals surface area contributed by atoms with Crippen LogP contribution in [0.2, 0.25) is 0 Å². The number of unbranched alkanes of at least 4 members (excludes halogenated alkanes) is 7. The number of benzene rings is 2. The van der Waals surface area contributed by atoms with Crippen LogP contribution in [0.3, 0.4) is 0 Å². The summed E-state index contributed by atoms with van der Waals surface area (Å²) in [5, 5.41) is 8.18. The van der Waals surface area contributed by atoms with Gasteiger partial charge in [0.1, 0.15) is 5.75 Å². The lowest BCUT2D eigenvalue weighted by molar-refractivity contribution is 0.262. The van der Waals surface area contributed by atoms with Crippen LogP contribution in [0.25, 0.3) is 0 Å². The molecule has 216 valence electrons. The number of urea groups is 1. The summed E-state index contributed by atoms with van der Waals surface area (Å²) in [5.41, 5.74) is 5.01. The van der Waals surface area contributed by atoms with Crippen molar-refractivity contribution in [2.24, 2.45) is 0 Å². The highest BCUT2D eigenvalue weighted by atomic mass is 79.9. The van der Waals surface area contributed by atoms with Crippen molar-refractivity contribution in [1.82, 2.24) is 4.90 Å². The summed E-state index contributed by atoms with van der Waals surface area (Å²) in [5.74, 6) is 1.88. The zero-order chi connectivity index (χ0) is 27.4. The van der Waals surface area contributed by atoms with Crippen molar-refractivity contribution < 1.29 is 9.53 Å². The van der Waals surface area contributed by atoms with Gasteiger partial charge in [0.2, 0.25) is 0 Å². The lowest BCUT2D eigenvalue weighted by Crippen LogP contribution is -2.21. The smallest absolute Gasteiger partial charge is 0.323 e. The normalized spacial score (nSPS) is 13.1. The fourth-order valence-corrected chi connectivity index (χ4v) is 5.53. The van der Waals surface area contributed by atoms with Gasteiger partial charge in [0.05, 0.1) is 12.5 Å². The lowest BCUT2D eigenvalue weighted by Gasteiger charge is -2.24. The van der Waals surface area contributed by atoms with Gasteiger partial charge in [-0.1, -0.05) is 84.8 Å². The van der Waals surface area contributed by atoms with E-state index in [2.05, 4.69) is 61.6 Å². The minimum Gasteiger partial charge on any atom is -0.493 e. The largest absolute Gasteiger partial charge is 0.493 e. The Balaban J connectivity index is 0.00000533. The summed E-state index contributed by atoms with van der Waals surface area (Å²) in [6.45, 7) is 12.5. The number of halogens is 1. The van der Waals surface area contributed by atoms with Crippen molar-refractivity contribution in [3.05, 3.63) is 64.7 Å². The number of nitrogens with zero attached hydrogens (tertiary/aromatic N) is 1. The fourth-order valence-electron chi connectivity index (χ4n) is 4.59. The molecule has 2 amide bonds. The Morgan fingerprint density at radius 2 is 1.62 bits per heavy atom. The molecule has 7 heteroatoms. The Labute approximate surface area is 251 Å². The van der Waals surface area contributed by atoms with E-state index in [0.29, 0.717) is 0 Å². The highest BCUT2D eigenvalue weighted by Crippen LogP contribution is 2.34. The molecule has 0 unspecified atom stereocenters. The summed E-state index contributed by atoms with van der Waals surface area (Å²) in [6.07, 6.45) is 10.3. The number of thioether (sulfide) groups is 1. The van der Waals surface area contributed by atoms with Crippen LogP contribution in [-0.4, -0.2) is 23.4 Å². The van der Waals surface area contributed by atoms with Crippen molar-refractivity contribution in [2.45, 2.75) is 97.9 Å². The molecule has 0 aromatic heterocycles. The van der Waals surface area contributed by atoms with Crippen LogP contribution in [0.1, 0.15) is 97.1 Å². The minimum atomic E-state index is -0.248. The molecule has 0 atom stereocenters. The van der Waals surface area contributed by atoms with E-state index in [9.17, 15) is 4.79 Å². The molecule has 5 nitrogen and oxygen atoms in total. The van der Waals surface area contributed by atoms with Crippen LogP contribution in [-0.2, 0) is 12.0 Å². The van der Waals surface area contributed by atoms with E-state index in [0.717, 1.165) is 48.1 Å². The van der Waals surface area contributed by atoms with E-state index in [1.807, 2.05) is 48.2 Å². The lowest BCUT2D eigenvalue weighted by atomic mass is 9.86. The Kier molecular flexibility index (Phi) is 14.3. The summed E-state index contributed by atoms with van der Waals surface area (Å²) in [4.78, 5) is 15.1. The topological polar surface area (TPSA) is 53.6 Å². The van der Waals surface area contributed by atoms with Gasteiger partial charge in [-0.25, -0.2) is 4.79 Å². The van der Waals surface area contributed by atoms with Gasteiger partial charge in [-0.05, 0) is 60.1 Å². The summed E-state index contributed by atoms with van der Waals surface area (Å²) < 4.78 is 6.20. The van der Waals surface area contributed by atoms with Gasteiger partial charge in [-0.3, -0.25) is 0 Å². The second kappa shape index (κ2) is 16.9. The number of carbonyl (C=O) groups is 1. The molecule has 0 bridgehead atoms. The molecule has 0 saturated carbocycles. The number of carbonyl (C=O) groups excluding carboxylic acids is 1. The Bertz CT molecular complexity index is 1070. The van der Waals surface area contributed by atoms with Crippen LogP contribution in [0.4, 0.5) is 16.2 Å². The standard InChI is InChI=1S/C32H47N3O2S.BrH/c1-6-7-8-9-10-11-12-13-19-37-30-18-17-28(21-29(30)32(3,4)5)34-31(36)33-27-16-14-15-26(20-27)22-35-24-38-23-25(35)2;/h14-18,20-21,23H,6-13,19,22,24H2,1-5H3,(H2,33,34,36);1H. The van der Waals surface area contributed by atoms with Gasteiger partial charge in [-0.15, -0.1) is 28.7 Å². The Morgan fingerprint density at radius 3 is 2.26 bits per heavy atom. The van der Waals surface area contributed by atoms with E-state index >= 15 is 0 Å². The number of nitrogens with one attached hydrogen (secondary N) is 2. The molecule has 0 fully saturated rings. The van der Waals surface area contributed by atoms with Crippen LogP contribution >= 0.6 is 28.7 Å². The molecule has 39 heavy (non-hydrogen) atoms. The molecule has 1 aliphatic heterocycles. The van der Waals surface area contributed by atoms with Gasteiger partial charge >= 0.3 is 6.03 Å². The average molecular weight is 619 g/mol. The number of allylic oxidation sites excluding steroid dienone is 1. The van der Waals surface area contributed by atoms with Crippen LogP contribution in [0.5, 0.6) is 5.75 Å². The predicted octanol–water partition coefficient (Wildman–Crippen LogP) is 10.1. The minimum absolute atomic E-state index is 0. The van der Waals surface area contributed by atoms with Gasteiger partial charge in [-0.2, -0.15) is 0 Å². The van der Waals surface area contributed by atoms with E-state index in [1.165, 1.54) is 56.2 Å². The van der Waals surface area contributed by atoms with Crippen LogP contribution < -0.4 is 15.4 Å². The van der Waals surface area contributed by atoms with Crippen LogP contribution in [0, 0.1) is 0 Å². The molecule has 3 rings (SSSR count). The second-order valence-corrected chi connectivity index (χ2v) is 12.1. The monoisotopic (exact) mass is 617 g/mol. The number of amides is 2. The Hall–Kier alpha value is -2.12. The molecular weight excluding hydrogens is 570 g/mol. The number of anilines is 2. The maximum Gasteiger partial charge on any atom is 0.323 e. The molecular formula is C32H48BrN3O2S. The quantitative estimate of drug-likeness (QED) is 0.207. The SMILES string of the molecule is Br.CCCCCCCCCCOc1ccc(NC(=O)Nc2cccc(CN3CSC=C3C)c2)cc1C(C)(C)C. The number of hydrogen-bond acceptors (Lipinski definition) is 4. The third-order valence-corrected chi connectivity index (χ3v) is 7.81. The highest BCUT2D eigenvalue weighted by Gasteiger charge is 2.20. The molecule has 0 aliphatic carbocycles. The van der Waals surface area contributed by atoms with Gasteiger partial charge in [0, 0.05) is 29.2 Å². The average Bonchev–Trinajstić information content (AvgIpc) is 3.27. The molecule has 2 aromatic rings.